The van der Waals surface area contributed by atoms with Crippen LogP contribution in [0.15, 0.2) is 0 Å². The number of sulfone groups is 1. The van der Waals surface area contributed by atoms with E-state index in [-0.39, 0.29) is 11.8 Å². The van der Waals surface area contributed by atoms with Crippen LogP contribution in [-0.4, -0.2) is 33.5 Å². The van der Waals surface area contributed by atoms with Crippen LogP contribution in [0.5, 0.6) is 0 Å². The van der Waals surface area contributed by atoms with Crippen LogP contribution in [0.2, 0.25) is 0 Å². The van der Waals surface area contributed by atoms with Gasteiger partial charge in [-0.1, -0.05) is 39.5 Å². The maximum atomic E-state index is 11.2. The Morgan fingerprint density at radius 3 is 2.25 bits per heavy atom. The Bertz CT molecular complexity index is 262. The van der Waals surface area contributed by atoms with Gasteiger partial charge in [-0.3, -0.25) is 0 Å². The molecule has 0 heterocycles. The zero-order valence-corrected chi connectivity index (χ0v) is 11.9. The van der Waals surface area contributed by atoms with E-state index in [0.717, 1.165) is 12.8 Å². The summed E-state index contributed by atoms with van der Waals surface area (Å²) in [4.78, 5) is 0. The minimum atomic E-state index is -2.87. The molecule has 0 fully saturated rings. The van der Waals surface area contributed by atoms with Crippen molar-refractivity contribution in [1.82, 2.24) is 5.32 Å². The maximum absolute atomic E-state index is 11.2. The summed E-state index contributed by atoms with van der Waals surface area (Å²) in [5.41, 5.74) is 0. The van der Waals surface area contributed by atoms with E-state index in [2.05, 4.69) is 19.2 Å². The molecule has 16 heavy (non-hydrogen) atoms. The fraction of sp³-hybridized carbons (Fsp3) is 1.00. The molecule has 0 aromatic rings. The van der Waals surface area contributed by atoms with Gasteiger partial charge in [0.1, 0.15) is 9.84 Å². The number of rotatable bonds is 9. The van der Waals surface area contributed by atoms with E-state index in [1.807, 2.05) is 7.05 Å². The van der Waals surface area contributed by atoms with Crippen LogP contribution >= 0.6 is 0 Å². The SMILES string of the molecule is CCCCC(CC)CC(CS(C)(=O)=O)NC. The van der Waals surface area contributed by atoms with E-state index < -0.39 is 9.84 Å². The van der Waals surface area contributed by atoms with Gasteiger partial charge in [-0.15, -0.1) is 0 Å². The molecular formula is C12H27NO2S. The molecule has 0 bridgehead atoms. The molecule has 0 aliphatic carbocycles. The molecule has 0 saturated heterocycles. The predicted octanol–water partition coefficient (Wildman–Crippen LogP) is 2.23. The molecule has 0 aliphatic rings. The number of unbranched alkanes of at least 4 members (excludes halogenated alkanes) is 1. The van der Waals surface area contributed by atoms with Crippen LogP contribution < -0.4 is 5.32 Å². The topological polar surface area (TPSA) is 46.2 Å². The van der Waals surface area contributed by atoms with Gasteiger partial charge in [0, 0.05) is 12.3 Å². The van der Waals surface area contributed by atoms with Gasteiger partial charge in [-0.2, -0.15) is 0 Å². The summed E-state index contributed by atoms with van der Waals surface area (Å²) in [6.07, 6.45) is 7.10. The molecule has 0 aromatic carbocycles. The Hall–Kier alpha value is -0.0900. The Kier molecular flexibility index (Phi) is 8.02. The lowest BCUT2D eigenvalue weighted by Crippen LogP contribution is -2.34. The standard InChI is InChI=1S/C12H27NO2S/c1-5-7-8-11(6-2)9-12(13-3)10-16(4,14)15/h11-13H,5-10H2,1-4H3. The molecule has 2 unspecified atom stereocenters. The lowest BCUT2D eigenvalue weighted by atomic mass is 9.93. The molecule has 0 spiro atoms. The van der Waals surface area contributed by atoms with Crippen molar-refractivity contribution in [1.29, 1.82) is 0 Å². The summed E-state index contributed by atoms with van der Waals surface area (Å²) in [6, 6.07) is 0.108. The molecule has 0 aromatic heterocycles. The summed E-state index contributed by atoms with van der Waals surface area (Å²) in [6.45, 7) is 4.38. The summed E-state index contributed by atoms with van der Waals surface area (Å²) in [5, 5.41) is 3.12. The molecule has 3 nitrogen and oxygen atoms in total. The molecule has 0 radical (unpaired) electrons. The quantitative estimate of drug-likeness (QED) is 0.681. The highest BCUT2D eigenvalue weighted by atomic mass is 32.2. The molecule has 0 amide bonds. The second-order valence-corrected chi connectivity index (χ2v) is 6.92. The summed E-state index contributed by atoms with van der Waals surface area (Å²) in [5.74, 6) is 0.908. The van der Waals surface area contributed by atoms with Crippen LogP contribution in [0.4, 0.5) is 0 Å². The zero-order valence-electron chi connectivity index (χ0n) is 11.1. The number of hydrogen-bond donors (Lipinski definition) is 1. The minimum Gasteiger partial charge on any atom is -0.316 e. The lowest BCUT2D eigenvalue weighted by Gasteiger charge is -2.21. The van der Waals surface area contributed by atoms with Gasteiger partial charge in [0.2, 0.25) is 0 Å². The van der Waals surface area contributed by atoms with Crippen molar-refractivity contribution in [3.8, 4) is 0 Å². The number of nitrogens with one attached hydrogen (secondary N) is 1. The molecule has 98 valence electrons. The lowest BCUT2D eigenvalue weighted by molar-refractivity contribution is 0.373. The number of hydrogen-bond acceptors (Lipinski definition) is 3. The van der Waals surface area contributed by atoms with Crippen molar-refractivity contribution >= 4 is 9.84 Å². The first-order valence-corrected chi connectivity index (χ1v) is 8.33. The van der Waals surface area contributed by atoms with Gasteiger partial charge >= 0.3 is 0 Å². The largest absolute Gasteiger partial charge is 0.316 e. The Morgan fingerprint density at radius 2 is 1.88 bits per heavy atom. The molecule has 2 atom stereocenters. The van der Waals surface area contributed by atoms with E-state index in [1.54, 1.807) is 0 Å². The predicted molar refractivity (Wildman–Crippen MR) is 70.5 cm³/mol. The third-order valence-corrected chi connectivity index (χ3v) is 4.08. The van der Waals surface area contributed by atoms with E-state index in [1.165, 1.54) is 25.5 Å². The first-order valence-electron chi connectivity index (χ1n) is 6.27. The highest BCUT2D eigenvalue weighted by molar-refractivity contribution is 7.90. The molecule has 0 rings (SSSR count). The monoisotopic (exact) mass is 249 g/mol. The fourth-order valence-electron chi connectivity index (χ4n) is 2.02. The van der Waals surface area contributed by atoms with Crippen molar-refractivity contribution in [3.05, 3.63) is 0 Å². The average molecular weight is 249 g/mol. The second kappa shape index (κ2) is 8.07. The van der Waals surface area contributed by atoms with Crippen LogP contribution in [-0.2, 0) is 9.84 Å². The Balaban J connectivity index is 4.16. The van der Waals surface area contributed by atoms with Crippen LogP contribution in [0.1, 0.15) is 46.0 Å². The molecule has 4 heteroatoms. The van der Waals surface area contributed by atoms with Gasteiger partial charge in [-0.05, 0) is 19.4 Å². The van der Waals surface area contributed by atoms with Gasteiger partial charge in [0.15, 0.2) is 0 Å². The molecule has 0 saturated carbocycles. The summed E-state index contributed by atoms with van der Waals surface area (Å²) in [7, 11) is -1.02. The van der Waals surface area contributed by atoms with Crippen LogP contribution in [0, 0.1) is 5.92 Å². The summed E-state index contributed by atoms with van der Waals surface area (Å²) < 4.78 is 22.5. The normalized spacial score (nSPS) is 16.0. The van der Waals surface area contributed by atoms with Crippen molar-refractivity contribution in [2.75, 3.05) is 19.1 Å². The van der Waals surface area contributed by atoms with E-state index in [0.29, 0.717) is 5.92 Å². The zero-order chi connectivity index (χ0) is 12.6. The van der Waals surface area contributed by atoms with Crippen molar-refractivity contribution in [3.63, 3.8) is 0 Å². The smallest absolute Gasteiger partial charge is 0.148 e. The van der Waals surface area contributed by atoms with E-state index in [9.17, 15) is 8.42 Å². The van der Waals surface area contributed by atoms with Crippen molar-refractivity contribution < 1.29 is 8.42 Å². The maximum Gasteiger partial charge on any atom is 0.148 e. The average Bonchev–Trinajstić information content (AvgIpc) is 2.20. The highest BCUT2D eigenvalue weighted by Crippen LogP contribution is 2.19. The van der Waals surface area contributed by atoms with Gasteiger partial charge in [-0.25, -0.2) is 8.42 Å². The second-order valence-electron chi connectivity index (χ2n) is 4.73. The first kappa shape index (κ1) is 15.9. The highest BCUT2D eigenvalue weighted by Gasteiger charge is 2.17. The Labute approximate surface area is 101 Å². The third-order valence-electron chi connectivity index (χ3n) is 3.07. The Morgan fingerprint density at radius 1 is 1.25 bits per heavy atom. The minimum absolute atomic E-state index is 0.108. The van der Waals surface area contributed by atoms with Gasteiger partial charge in [0.25, 0.3) is 0 Å². The van der Waals surface area contributed by atoms with Crippen molar-refractivity contribution in [2.24, 2.45) is 5.92 Å². The fourth-order valence-corrected chi connectivity index (χ4v) is 3.05. The van der Waals surface area contributed by atoms with Gasteiger partial charge in [0.05, 0.1) is 5.75 Å². The van der Waals surface area contributed by atoms with Crippen molar-refractivity contribution in [2.45, 2.75) is 52.0 Å². The molecule has 1 N–H and O–H groups in total. The van der Waals surface area contributed by atoms with Gasteiger partial charge < -0.3 is 5.32 Å². The van der Waals surface area contributed by atoms with Crippen LogP contribution in [0.3, 0.4) is 0 Å². The van der Waals surface area contributed by atoms with Crippen LogP contribution in [0.25, 0.3) is 0 Å². The third kappa shape index (κ3) is 8.11. The van der Waals surface area contributed by atoms with E-state index in [4.69, 9.17) is 0 Å². The molecule has 0 aliphatic heterocycles. The summed E-state index contributed by atoms with van der Waals surface area (Å²) >= 11 is 0. The molecular weight excluding hydrogens is 222 g/mol. The first-order chi connectivity index (χ1) is 7.42. The van der Waals surface area contributed by atoms with E-state index >= 15 is 0 Å².